The molecular formula is C22H26N4O. The number of benzene rings is 2. The lowest BCUT2D eigenvalue weighted by Gasteiger charge is -2.12. The Morgan fingerprint density at radius 3 is 2.52 bits per heavy atom. The zero-order valence-corrected chi connectivity index (χ0v) is 16.1. The molecule has 0 aliphatic carbocycles. The average molecular weight is 362 g/mol. The second-order valence-corrected chi connectivity index (χ2v) is 6.91. The Balaban J connectivity index is 2.03. The third-order valence-corrected chi connectivity index (χ3v) is 4.56. The van der Waals surface area contributed by atoms with Gasteiger partial charge in [-0.05, 0) is 55.8 Å². The minimum absolute atomic E-state index is 0.0141. The zero-order chi connectivity index (χ0) is 19.4. The van der Waals surface area contributed by atoms with Crippen LogP contribution in [0.15, 0.2) is 47.3 Å². The molecular weight excluding hydrogens is 336 g/mol. The molecule has 3 rings (SSSR count). The Labute approximate surface area is 159 Å². The van der Waals surface area contributed by atoms with Crippen molar-refractivity contribution >= 4 is 28.7 Å². The Hall–Kier alpha value is -2.92. The number of nitrogens with zero attached hydrogens (tertiary/aromatic N) is 3. The van der Waals surface area contributed by atoms with E-state index in [0.717, 1.165) is 28.8 Å². The Morgan fingerprint density at radius 1 is 1.11 bits per heavy atom. The highest BCUT2D eigenvalue weighted by atomic mass is 16.1. The number of hydrogen-bond acceptors (Lipinski definition) is 4. The van der Waals surface area contributed by atoms with E-state index < -0.39 is 0 Å². The van der Waals surface area contributed by atoms with E-state index in [1.165, 1.54) is 0 Å². The molecule has 140 valence electrons. The summed E-state index contributed by atoms with van der Waals surface area (Å²) in [6.07, 6.45) is 4.62. The van der Waals surface area contributed by atoms with Gasteiger partial charge in [0.05, 0.1) is 10.9 Å². The molecule has 0 fully saturated rings. The molecule has 2 aromatic carbocycles. The van der Waals surface area contributed by atoms with Crippen LogP contribution in [0.2, 0.25) is 0 Å². The highest BCUT2D eigenvalue weighted by Gasteiger charge is 2.09. The second-order valence-electron chi connectivity index (χ2n) is 6.91. The third kappa shape index (κ3) is 4.26. The Morgan fingerprint density at radius 2 is 1.85 bits per heavy atom. The van der Waals surface area contributed by atoms with Crippen LogP contribution in [0.25, 0.3) is 23.1 Å². The maximum absolute atomic E-state index is 13.0. The van der Waals surface area contributed by atoms with Crippen LogP contribution in [0, 0.1) is 6.92 Å². The summed E-state index contributed by atoms with van der Waals surface area (Å²) in [7, 11) is 4.03. The van der Waals surface area contributed by atoms with Gasteiger partial charge in [0.1, 0.15) is 5.82 Å². The van der Waals surface area contributed by atoms with Crippen molar-refractivity contribution in [1.29, 1.82) is 0 Å². The predicted octanol–water partition coefficient (Wildman–Crippen LogP) is 3.29. The monoisotopic (exact) mass is 362 g/mol. The first-order chi connectivity index (χ1) is 13.0. The number of aryl methyl sites for hydroxylation is 1. The van der Waals surface area contributed by atoms with Gasteiger partial charge >= 0.3 is 0 Å². The molecule has 5 nitrogen and oxygen atoms in total. The molecule has 1 aromatic heterocycles. The van der Waals surface area contributed by atoms with Crippen molar-refractivity contribution < 1.29 is 0 Å². The van der Waals surface area contributed by atoms with Gasteiger partial charge < -0.3 is 10.6 Å². The highest BCUT2D eigenvalue weighted by molar-refractivity contribution is 5.80. The first kappa shape index (κ1) is 18.9. The van der Waals surface area contributed by atoms with Crippen molar-refractivity contribution in [1.82, 2.24) is 9.55 Å². The predicted molar refractivity (Wildman–Crippen MR) is 114 cm³/mol. The van der Waals surface area contributed by atoms with Crippen LogP contribution in [0.5, 0.6) is 0 Å². The second kappa shape index (κ2) is 8.18. The van der Waals surface area contributed by atoms with Crippen LogP contribution in [0.4, 0.5) is 5.69 Å². The number of hydrogen-bond donors (Lipinski definition) is 1. The smallest absolute Gasteiger partial charge is 0.261 e. The summed E-state index contributed by atoms with van der Waals surface area (Å²) in [5, 5.41) is 0.652. The SMILES string of the molecule is Cc1ccc2nc(/C=C/c3ccc(N(C)C)cc3)n(CCCN)c(=O)c2c1. The van der Waals surface area contributed by atoms with Gasteiger partial charge in [0.25, 0.3) is 5.56 Å². The molecule has 0 atom stereocenters. The molecule has 0 radical (unpaired) electrons. The lowest BCUT2D eigenvalue weighted by molar-refractivity contribution is 0.619. The van der Waals surface area contributed by atoms with E-state index in [2.05, 4.69) is 29.2 Å². The van der Waals surface area contributed by atoms with Crippen LogP contribution in [0.1, 0.15) is 23.4 Å². The molecule has 1 heterocycles. The van der Waals surface area contributed by atoms with Gasteiger partial charge in [0.15, 0.2) is 0 Å². The maximum atomic E-state index is 13.0. The van der Waals surface area contributed by atoms with E-state index in [1.807, 2.05) is 51.4 Å². The lowest BCUT2D eigenvalue weighted by Crippen LogP contribution is -2.25. The molecule has 0 bridgehead atoms. The quantitative estimate of drug-likeness (QED) is 0.731. The van der Waals surface area contributed by atoms with E-state index in [0.29, 0.717) is 24.3 Å². The Kier molecular flexibility index (Phi) is 5.72. The van der Waals surface area contributed by atoms with Gasteiger partial charge in [-0.25, -0.2) is 4.98 Å². The first-order valence-electron chi connectivity index (χ1n) is 9.16. The largest absolute Gasteiger partial charge is 0.378 e. The number of nitrogens with two attached hydrogens (primary N) is 1. The number of anilines is 1. The van der Waals surface area contributed by atoms with E-state index in [-0.39, 0.29) is 5.56 Å². The lowest BCUT2D eigenvalue weighted by atomic mass is 10.1. The van der Waals surface area contributed by atoms with Gasteiger partial charge in [-0.3, -0.25) is 9.36 Å². The first-order valence-corrected chi connectivity index (χ1v) is 9.16. The minimum Gasteiger partial charge on any atom is -0.378 e. The summed E-state index contributed by atoms with van der Waals surface area (Å²) in [6, 6.07) is 14.0. The van der Waals surface area contributed by atoms with E-state index in [1.54, 1.807) is 4.57 Å². The molecule has 0 saturated carbocycles. The van der Waals surface area contributed by atoms with E-state index >= 15 is 0 Å². The fourth-order valence-electron chi connectivity index (χ4n) is 3.00. The van der Waals surface area contributed by atoms with Crippen molar-refractivity contribution in [2.45, 2.75) is 19.9 Å². The number of aromatic nitrogens is 2. The molecule has 27 heavy (non-hydrogen) atoms. The Bertz CT molecular complexity index is 1020. The zero-order valence-electron chi connectivity index (χ0n) is 16.1. The molecule has 3 aromatic rings. The summed E-state index contributed by atoms with van der Waals surface area (Å²) in [5.41, 5.74) is 9.62. The van der Waals surface area contributed by atoms with Crippen LogP contribution in [0.3, 0.4) is 0 Å². The maximum Gasteiger partial charge on any atom is 0.261 e. The fourth-order valence-corrected chi connectivity index (χ4v) is 3.00. The van der Waals surface area contributed by atoms with Crippen LogP contribution >= 0.6 is 0 Å². The summed E-state index contributed by atoms with van der Waals surface area (Å²) >= 11 is 0. The van der Waals surface area contributed by atoms with Crippen molar-refractivity contribution in [3.05, 3.63) is 69.8 Å². The molecule has 2 N–H and O–H groups in total. The standard InChI is InChI=1S/C22H26N4O/c1-16-5-11-20-19(15-16)22(27)26(14-4-13-23)21(24-20)12-8-17-6-9-18(10-7-17)25(2)3/h5-12,15H,4,13-14,23H2,1-3H3/b12-8+. The average Bonchev–Trinajstić information content (AvgIpc) is 2.66. The van der Waals surface area contributed by atoms with Gasteiger partial charge in [-0.15, -0.1) is 0 Å². The molecule has 0 amide bonds. The summed E-state index contributed by atoms with van der Waals surface area (Å²) < 4.78 is 1.72. The van der Waals surface area contributed by atoms with Gasteiger partial charge in [0.2, 0.25) is 0 Å². The van der Waals surface area contributed by atoms with Crippen molar-refractivity contribution in [2.75, 3.05) is 25.5 Å². The number of fused-ring (bicyclic) bond motifs is 1. The summed E-state index contributed by atoms with van der Waals surface area (Å²) in [5.74, 6) is 0.654. The molecule has 0 aliphatic rings. The normalized spacial score (nSPS) is 11.4. The van der Waals surface area contributed by atoms with Gasteiger partial charge in [0, 0.05) is 26.3 Å². The molecule has 0 aliphatic heterocycles. The number of rotatable bonds is 6. The molecule has 0 saturated heterocycles. The van der Waals surface area contributed by atoms with Gasteiger partial charge in [-0.2, -0.15) is 0 Å². The minimum atomic E-state index is -0.0141. The van der Waals surface area contributed by atoms with E-state index in [4.69, 9.17) is 10.7 Å². The van der Waals surface area contributed by atoms with E-state index in [9.17, 15) is 4.79 Å². The topological polar surface area (TPSA) is 64.2 Å². The molecule has 5 heteroatoms. The van der Waals surface area contributed by atoms with Crippen LogP contribution < -0.4 is 16.2 Å². The van der Waals surface area contributed by atoms with Crippen molar-refractivity contribution in [3.63, 3.8) is 0 Å². The molecule has 0 spiro atoms. The van der Waals surface area contributed by atoms with Crippen molar-refractivity contribution in [2.24, 2.45) is 5.73 Å². The molecule has 0 unspecified atom stereocenters. The third-order valence-electron chi connectivity index (χ3n) is 4.56. The van der Waals surface area contributed by atoms with Crippen LogP contribution in [-0.4, -0.2) is 30.2 Å². The van der Waals surface area contributed by atoms with Crippen LogP contribution in [-0.2, 0) is 6.54 Å². The fraction of sp³-hybridized carbons (Fsp3) is 0.273. The van der Waals surface area contributed by atoms with Gasteiger partial charge in [-0.1, -0.05) is 29.8 Å². The highest BCUT2D eigenvalue weighted by Crippen LogP contribution is 2.16. The van der Waals surface area contributed by atoms with Crippen molar-refractivity contribution in [3.8, 4) is 0 Å². The summed E-state index contributed by atoms with van der Waals surface area (Å²) in [6.45, 7) is 3.08. The summed E-state index contributed by atoms with van der Waals surface area (Å²) in [4.78, 5) is 19.8.